The van der Waals surface area contributed by atoms with Crippen LogP contribution in [0.4, 0.5) is 19.0 Å². The van der Waals surface area contributed by atoms with E-state index in [0.717, 1.165) is 30.4 Å². The number of fused-ring (bicyclic) bond motifs is 1. The van der Waals surface area contributed by atoms with Gasteiger partial charge in [0.05, 0.1) is 18.2 Å². The molecule has 11 heteroatoms. The Labute approximate surface area is 193 Å². The van der Waals surface area contributed by atoms with Crippen molar-refractivity contribution in [3.8, 4) is 5.75 Å². The monoisotopic (exact) mass is 476 g/mol. The number of hydrogen-bond acceptors (Lipinski definition) is 7. The van der Waals surface area contributed by atoms with E-state index >= 15 is 0 Å². The van der Waals surface area contributed by atoms with Crippen LogP contribution in [0.2, 0.25) is 0 Å². The Hall–Kier alpha value is -3.44. The highest BCUT2D eigenvalue weighted by Crippen LogP contribution is 2.25. The molecule has 1 amide bonds. The summed E-state index contributed by atoms with van der Waals surface area (Å²) >= 11 is 0. The van der Waals surface area contributed by atoms with Gasteiger partial charge in [0.1, 0.15) is 17.3 Å². The average Bonchev–Trinajstić information content (AvgIpc) is 2.82. The quantitative estimate of drug-likeness (QED) is 0.479. The number of carbonyl (C=O) groups excluding carboxylic acids is 1. The van der Waals surface area contributed by atoms with Crippen LogP contribution in [-0.2, 0) is 4.74 Å². The van der Waals surface area contributed by atoms with Gasteiger partial charge in [-0.1, -0.05) is 12.1 Å². The van der Waals surface area contributed by atoms with Crippen LogP contribution in [0, 0.1) is 0 Å². The van der Waals surface area contributed by atoms with Crippen LogP contribution >= 0.6 is 0 Å². The zero-order chi connectivity index (χ0) is 24.1. The van der Waals surface area contributed by atoms with Gasteiger partial charge in [-0.25, -0.2) is 9.97 Å². The van der Waals surface area contributed by atoms with E-state index in [0.29, 0.717) is 30.1 Å². The maximum absolute atomic E-state index is 12.8. The van der Waals surface area contributed by atoms with E-state index in [9.17, 15) is 23.1 Å². The van der Waals surface area contributed by atoms with Gasteiger partial charge in [-0.3, -0.25) is 4.79 Å². The standard InChI is InChI=1S/C23H23F3N4O4/c24-23(25,26)34-17-4-1-14(2-5-17)20(13-31)30-22(32)18-6-3-15-12-27-21(11-19(15)29-18)28-16-7-9-33-10-8-16/h1-6,11-12,16,20,31H,7-10,13H2,(H,27,28)(H,30,32)/t20-/m1/s1. The maximum atomic E-state index is 12.8. The maximum Gasteiger partial charge on any atom is 0.573 e. The number of anilines is 1. The molecule has 1 atom stereocenters. The molecule has 0 unspecified atom stereocenters. The average molecular weight is 476 g/mol. The van der Waals surface area contributed by atoms with Gasteiger partial charge in [-0.05, 0) is 42.7 Å². The number of carbonyl (C=O) groups is 1. The molecule has 34 heavy (non-hydrogen) atoms. The van der Waals surface area contributed by atoms with Crippen molar-refractivity contribution in [2.75, 3.05) is 25.1 Å². The summed E-state index contributed by atoms with van der Waals surface area (Å²) in [6.07, 6.45) is -1.38. The van der Waals surface area contributed by atoms with E-state index in [1.54, 1.807) is 24.4 Å². The molecular weight excluding hydrogens is 453 g/mol. The molecule has 0 radical (unpaired) electrons. The Bertz CT molecular complexity index is 1140. The third kappa shape index (κ3) is 6.12. The molecule has 3 heterocycles. The minimum atomic E-state index is -4.80. The van der Waals surface area contributed by atoms with Gasteiger partial charge in [-0.15, -0.1) is 13.2 Å². The zero-order valence-corrected chi connectivity index (χ0v) is 18.0. The van der Waals surface area contributed by atoms with Crippen molar-refractivity contribution in [3.63, 3.8) is 0 Å². The molecule has 2 aromatic heterocycles. The summed E-state index contributed by atoms with van der Waals surface area (Å²) in [6, 6.07) is 9.37. The first-order valence-electron chi connectivity index (χ1n) is 10.7. The molecule has 4 rings (SSSR count). The Morgan fingerprint density at radius 3 is 2.59 bits per heavy atom. The Balaban J connectivity index is 1.46. The van der Waals surface area contributed by atoms with E-state index in [4.69, 9.17) is 4.74 Å². The van der Waals surface area contributed by atoms with Gasteiger partial charge in [0, 0.05) is 36.9 Å². The number of rotatable bonds is 7. The normalized spacial score (nSPS) is 15.6. The fourth-order valence-electron chi connectivity index (χ4n) is 3.64. The highest BCUT2D eigenvalue weighted by molar-refractivity contribution is 5.95. The third-order valence-corrected chi connectivity index (χ3v) is 5.38. The second-order valence-electron chi connectivity index (χ2n) is 7.82. The third-order valence-electron chi connectivity index (χ3n) is 5.38. The highest BCUT2D eigenvalue weighted by atomic mass is 19.4. The molecule has 1 aliphatic rings. The molecule has 0 bridgehead atoms. The summed E-state index contributed by atoms with van der Waals surface area (Å²) in [5.74, 6) is -0.277. The van der Waals surface area contributed by atoms with Crippen molar-refractivity contribution in [3.05, 3.63) is 59.9 Å². The molecular formula is C23H23F3N4O4. The van der Waals surface area contributed by atoms with Gasteiger partial charge < -0.3 is 25.2 Å². The van der Waals surface area contributed by atoms with E-state index in [1.165, 1.54) is 12.1 Å². The van der Waals surface area contributed by atoms with Crippen molar-refractivity contribution in [1.29, 1.82) is 0 Å². The molecule has 3 aromatic rings. The van der Waals surface area contributed by atoms with Crippen molar-refractivity contribution in [2.45, 2.75) is 31.3 Å². The fraction of sp³-hybridized carbons (Fsp3) is 0.348. The number of pyridine rings is 2. The lowest BCUT2D eigenvalue weighted by Crippen LogP contribution is -2.31. The van der Waals surface area contributed by atoms with Crippen LogP contribution in [0.25, 0.3) is 10.9 Å². The number of benzene rings is 1. The van der Waals surface area contributed by atoms with Gasteiger partial charge in [0.15, 0.2) is 0 Å². The van der Waals surface area contributed by atoms with Crippen LogP contribution in [-0.4, -0.2) is 53.2 Å². The van der Waals surface area contributed by atoms with Gasteiger partial charge >= 0.3 is 6.36 Å². The molecule has 3 N–H and O–H groups in total. The number of aliphatic hydroxyl groups excluding tert-OH is 1. The van der Waals surface area contributed by atoms with Crippen molar-refractivity contribution in [2.24, 2.45) is 0 Å². The molecule has 0 aliphatic carbocycles. The molecule has 8 nitrogen and oxygen atoms in total. The summed E-state index contributed by atoms with van der Waals surface area (Å²) in [4.78, 5) is 21.6. The minimum Gasteiger partial charge on any atom is -0.406 e. The number of alkyl halides is 3. The SMILES string of the molecule is O=C(N[C@H](CO)c1ccc(OC(F)(F)F)cc1)c1ccc2cnc(NC3CCOCC3)cc2n1. The number of amides is 1. The summed E-state index contributed by atoms with van der Waals surface area (Å²) < 4.78 is 46.2. The summed E-state index contributed by atoms with van der Waals surface area (Å²) in [7, 11) is 0. The number of aromatic nitrogens is 2. The van der Waals surface area contributed by atoms with Crippen molar-refractivity contribution in [1.82, 2.24) is 15.3 Å². The summed E-state index contributed by atoms with van der Waals surface area (Å²) in [5.41, 5.74) is 1.12. The Kier molecular flexibility index (Phi) is 7.13. The molecule has 0 spiro atoms. The molecule has 0 saturated carbocycles. The van der Waals surface area contributed by atoms with E-state index in [1.807, 2.05) is 0 Å². The van der Waals surface area contributed by atoms with Crippen LogP contribution in [0.1, 0.15) is 34.9 Å². The largest absolute Gasteiger partial charge is 0.573 e. The zero-order valence-electron chi connectivity index (χ0n) is 18.0. The second-order valence-corrected chi connectivity index (χ2v) is 7.82. The highest BCUT2D eigenvalue weighted by Gasteiger charge is 2.31. The molecule has 1 fully saturated rings. The lowest BCUT2D eigenvalue weighted by atomic mass is 10.1. The number of nitrogens with one attached hydrogen (secondary N) is 2. The van der Waals surface area contributed by atoms with Crippen LogP contribution < -0.4 is 15.4 Å². The molecule has 1 saturated heterocycles. The Morgan fingerprint density at radius 1 is 1.18 bits per heavy atom. The minimum absolute atomic E-state index is 0.131. The van der Waals surface area contributed by atoms with Gasteiger partial charge in [-0.2, -0.15) is 0 Å². The topological polar surface area (TPSA) is 106 Å². The Morgan fingerprint density at radius 2 is 1.91 bits per heavy atom. The van der Waals surface area contributed by atoms with E-state index in [-0.39, 0.29) is 11.7 Å². The molecule has 1 aromatic carbocycles. The first-order valence-corrected chi connectivity index (χ1v) is 10.7. The van der Waals surface area contributed by atoms with Crippen LogP contribution in [0.15, 0.2) is 48.7 Å². The van der Waals surface area contributed by atoms with Crippen molar-refractivity contribution < 1.29 is 32.5 Å². The summed E-state index contributed by atoms with van der Waals surface area (Å²) in [6.45, 7) is 0.928. The van der Waals surface area contributed by atoms with Crippen LogP contribution in [0.5, 0.6) is 5.75 Å². The number of halogens is 3. The lowest BCUT2D eigenvalue weighted by molar-refractivity contribution is -0.274. The van der Waals surface area contributed by atoms with Gasteiger partial charge in [0.2, 0.25) is 0 Å². The predicted octanol–water partition coefficient (Wildman–Crippen LogP) is 3.58. The lowest BCUT2D eigenvalue weighted by Gasteiger charge is -2.23. The molecule has 1 aliphatic heterocycles. The number of hydrogen-bond donors (Lipinski definition) is 3. The summed E-state index contributed by atoms with van der Waals surface area (Å²) in [5, 5.41) is 16.5. The van der Waals surface area contributed by atoms with Crippen molar-refractivity contribution >= 4 is 22.6 Å². The predicted molar refractivity (Wildman–Crippen MR) is 117 cm³/mol. The number of ether oxygens (including phenoxy) is 2. The first kappa shape index (κ1) is 23.7. The number of aliphatic hydroxyl groups is 1. The number of nitrogens with zero attached hydrogens (tertiary/aromatic N) is 2. The second kappa shape index (κ2) is 10.2. The van der Waals surface area contributed by atoms with Gasteiger partial charge in [0.25, 0.3) is 5.91 Å². The van der Waals surface area contributed by atoms with E-state index in [2.05, 4.69) is 25.3 Å². The fourth-order valence-corrected chi connectivity index (χ4v) is 3.64. The smallest absolute Gasteiger partial charge is 0.406 e. The van der Waals surface area contributed by atoms with E-state index < -0.39 is 30.7 Å². The molecule has 180 valence electrons. The first-order chi connectivity index (χ1) is 16.3. The van der Waals surface area contributed by atoms with Crippen LogP contribution in [0.3, 0.4) is 0 Å².